The van der Waals surface area contributed by atoms with Gasteiger partial charge in [-0.15, -0.1) is 10.2 Å². The Hall–Kier alpha value is -1.62. The minimum Gasteiger partial charge on any atom is -0.378 e. The van der Waals surface area contributed by atoms with Gasteiger partial charge in [0.15, 0.2) is 0 Å². The lowest BCUT2D eigenvalue weighted by atomic mass is 10.2. The van der Waals surface area contributed by atoms with Gasteiger partial charge in [-0.2, -0.15) is 0 Å². The number of hydrogen-bond acceptors (Lipinski definition) is 5. The van der Waals surface area contributed by atoms with Crippen LogP contribution in [-0.4, -0.2) is 24.3 Å². The lowest BCUT2D eigenvalue weighted by Crippen LogP contribution is -2.08. The van der Waals surface area contributed by atoms with E-state index in [1.54, 1.807) is 0 Å². The molecule has 0 spiro atoms. The second-order valence-electron chi connectivity index (χ2n) is 3.39. The lowest BCUT2D eigenvalue weighted by molar-refractivity contribution is 1.10. The van der Waals surface area contributed by atoms with E-state index in [2.05, 4.69) is 16.3 Å². The molecule has 1 aromatic carbocycles. The van der Waals surface area contributed by atoms with Gasteiger partial charge in [-0.1, -0.05) is 23.5 Å². The molecule has 0 amide bonds. The predicted octanol–water partition coefficient (Wildman–Crippen LogP) is 1.85. The van der Waals surface area contributed by atoms with Gasteiger partial charge in [-0.25, -0.2) is 0 Å². The number of nitrogens with zero attached hydrogens (tertiary/aromatic N) is 3. The van der Waals surface area contributed by atoms with Crippen LogP contribution in [0.3, 0.4) is 0 Å². The fraction of sp³-hybridized carbons (Fsp3) is 0.200. The van der Waals surface area contributed by atoms with Gasteiger partial charge in [-0.3, -0.25) is 0 Å². The highest BCUT2D eigenvalue weighted by Gasteiger charge is 2.05. The molecule has 2 rings (SSSR count). The Bertz CT molecular complexity index is 464. The van der Waals surface area contributed by atoms with Crippen LogP contribution >= 0.6 is 11.3 Å². The van der Waals surface area contributed by atoms with Crippen LogP contribution < -0.4 is 10.6 Å². The van der Waals surface area contributed by atoms with Crippen LogP contribution in [0.4, 0.5) is 10.8 Å². The predicted molar refractivity (Wildman–Crippen MR) is 64.1 cm³/mol. The zero-order valence-electron chi connectivity index (χ0n) is 8.64. The second kappa shape index (κ2) is 3.86. The average Bonchev–Trinajstić information content (AvgIpc) is 2.65. The summed E-state index contributed by atoms with van der Waals surface area (Å²) in [6.07, 6.45) is 0. The maximum Gasteiger partial charge on any atom is 0.203 e. The van der Waals surface area contributed by atoms with E-state index in [-0.39, 0.29) is 0 Å². The zero-order valence-corrected chi connectivity index (χ0v) is 9.45. The molecule has 0 fully saturated rings. The summed E-state index contributed by atoms with van der Waals surface area (Å²) in [6.45, 7) is 0. The molecule has 0 aliphatic heterocycles. The number of nitrogens with two attached hydrogens (primary N) is 1. The highest BCUT2D eigenvalue weighted by atomic mass is 32.1. The molecule has 0 saturated heterocycles. The van der Waals surface area contributed by atoms with Crippen molar-refractivity contribution in [2.24, 2.45) is 0 Å². The van der Waals surface area contributed by atoms with Gasteiger partial charge < -0.3 is 10.6 Å². The molecule has 0 saturated carbocycles. The first-order valence-electron chi connectivity index (χ1n) is 4.53. The fourth-order valence-electron chi connectivity index (χ4n) is 1.27. The molecule has 0 radical (unpaired) electrons. The third kappa shape index (κ3) is 2.07. The number of anilines is 2. The van der Waals surface area contributed by atoms with Crippen LogP contribution in [0.15, 0.2) is 24.3 Å². The highest BCUT2D eigenvalue weighted by molar-refractivity contribution is 7.18. The Labute approximate surface area is 92.4 Å². The SMILES string of the molecule is CN(C)c1cccc(-c2nnc(N)s2)c1. The smallest absolute Gasteiger partial charge is 0.203 e. The average molecular weight is 220 g/mol. The molecule has 1 aromatic heterocycles. The molecular weight excluding hydrogens is 208 g/mol. The van der Waals surface area contributed by atoms with E-state index >= 15 is 0 Å². The van der Waals surface area contributed by atoms with Crippen molar-refractivity contribution in [3.63, 3.8) is 0 Å². The monoisotopic (exact) mass is 220 g/mol. The van der Waals surface area contributed by atoms with E-state index in [4.69, 9.17) is 5.73 Å². The molecule has 15 heavy (non-hydrogen) atoms. The van der Waals surface area contributed by atoms with Gasteiger partial charge in [0.1, 0.15) is 5.01 Å². The van der Waals surface area contributed by atoms with Gasteiger partial charge in [0.25, 0.3) is 0 Å². The van der Waals surface area contributed by atoms with Crippen LogP contribution in [0.25, 0.3) is 10.6 Å². The largest absolute Gasteiger partial charge is 0.378 e. The Balaban J connectivity index is 2.41. The van der Waals surface area contributed by atoms with Crippen molar-refractivity contribution in [3.05, 3.63) is 24.3 Å². The Morgan fingerprint density at radius 2 is 2.07 bits per heavy atom. The van der Waals surface area contributed by atoms with Gasteiger partial charge >= 0.3 is 0 Å². The summed E-state index contributed by atoms with van der Waals surface area (Å²) in [5.74, 6) is 0. The third-order valence-electron chi connectivity index (χ3n) is 2.05. The van der Waals surface area contributed by atoms with Gasteiger partial charge in [0, 0.05) is 25.3 Å². The highest BCUT2D eigenvalue weighted by Crippen LogP contribution is 2.27. The molecule has 4 nitrogen and oxygen atoms in total. The second-order valence-corrected chi connectivity index (χ2v) is 4.40. The van der Waals surface area contributed by atoms with Gasteiger partial charge in [0.05, 0.1) is 0 Å². The van der Waals surface area contributed by atoms with E-state index in [1.165, 1.54) is 11.3 Å². The van der Waals surface area contributed by atoms with E-state index < -0.39 is 0 Å². The van der Waals surface area contributed by atoms with E-state index in [9.17, 15) is 0 Å². The molecule has 2 N–H and O–H groups in total. The summed E-state index contributed by atoms with van der Waals surface area (Å²) in [7, 11) is 4.02. The Morgan fingerprint density at radius 1 is 1.27 bits per heavy atom. The molecule has 0 unspecified atom stereocenters. The quantitative estimate of drug-likeness (QED) is 0.839. The van der Waals surface area contributed by atoms with Gasteiger partial charge in [-0.05, 0) is 12.1 Å². The molecule has 5 heteroatoms. The van der Waals surface area contributed by atoms with Crippen molar-refractivity contribution in [3.8, 4) is 10.6 Å². The van der Waals surface area contributed by atoms with Crippen LogP contribution in [0.1, 0.15) is 0 Å². The van der Waals surface area contributed by atoms with E-state index in [0.717, 1.165) is 16.3 Å². The summed E-state index contributed by atoms with van der Waals surface area (Å²) >= 11 is 1.40. The maximum atomic E-state index is 5.55. The molecule has 2 aromatic rings. The number of benzene rings is 1. The minimum absolute atomic E-state index is 0.500. The van der Waals surface area contributed by atoms with Gasteiger partial charge in [0.2, 0.25) is 5.13 Å². The topological polar surface area (TPSA) is 55.0 Å². The van der Waals surface area contributed by atoms with Crippen molar-refractivity contribution in [1.82, 2.24) is 10.2 Å². The molecule has 0 aliphatic carbocycles. The fourth-order valence-corrected chi connectivity index (χ4v) is 1.87. The van der Waals surface area contributed by atoms with Crippen molar-refractivity contribution in [1.29, 1.82) is 0 Å². The number of rotatable bonds is 2. The summed E-state index contributed by atoms with van der Waals surface area (Å²) in [5.41, 5.74) is 7.74. The maximum absolute atomic E-state index is 5.55. The molecule has 0 bridgehead atoms. The summed E-state index contributed by atoms with van der Waals surface area (Å²) in [6, 6.07) is 8.13. The molecule has 1 heterocycles. The van der Waals surface area contributed by atoms with Crippen molar-refractivity contribution < 1.29 is 0 Å². The normalized spacial score (nSPS) is 10.3. The standard InChI is InChI=1S/C10H12N4S/c1-14(2)8-5-3-4-7(6-8)9-12-13-10(11)15-9/h3-6H,1-2H3,(H2,11,13). The van der Waals surface area contributed by atoms with E-state index in [1.807, 2.05) is 37.2 Å². The first-order valence-corrected chi connectivity index (χ1v) is 5.35. The third-order valence-corrected chi connectivity index (χ3v) is 2.85. The van der Waals surface area contributed by atoms with Crippen molar-refractivity contribution >= 4 is 22.2 Å². The zero-order chi connectivity index (χ0) is 10.8. The van der Waals surface area contributed by atoms with Crippen LogP contribution in [0.5, 0.6) is 0 Å². The minimum atomic E-state index is 0.500. The molecule has 78 valence electrons. The van der Waals surface area contributed by atoms with Crippen molar-refractivity contribution in [2.75, 3.05) is 24.7 Å². The molecule has 0 aliphatic rings. The number of aromatic nitrogens is 2. The summed E-state index contributed by atoms with van der Waals surface area (Å²) in [4.78, 5) is 2.05. The number of hydrogen-bond donors (Lipinski definition) is 1. The van der Waals surface area contributed by atoms with Crippen LogP contribution in [0.2, 0.25) is 0 Å². The van der Waals surface area contributed by atoms with Crippen LogP contribution in [-0.2, 0) is 0 Å². The Kier molecular flexibility index (Phi) is 2.55. The Morgan fingerprint density at radius 3 is 2.67 bits per heavy atom. The molecular formula is C10H12N4S. The summed E-state index contributed by atoms with van der Waals surface area (Å²) in [5, 5.41) is 9.17. The summed E-state index contributed by atoms with van der Waals surface area (Å²) < 4.78 is 0. The van der Waals surface area contributed by atoms with Crippen molar-refractivity contribution in [2.45, 2.75) is 0 Å². The number of nitrogen functional groups attached to an aromatic ring is 1. The van der Waals surface area contributed by atoms with E-state index in [0.29, 0.717) is 5.13 Å². The lowest BCUT2D eigenvalue weighted by Gasteiger charge is -2.12. The first kappa shape index (κ1) is 9.92. The van der Waals surface area contributed by atoms with Crippen LogP contribution in [0, 0.1) is 0 Å². The molecule has 0 atom stereocenters. The first-order chi connectivity index (χ1) is 7.16.